The molecule has 0 aliphatic rings. The van der Waals surface area contributed by atoms with Crippen molar-refractivity contribution < 1.29 is 22.0 Å². The normalized spacial score (nSPS) is 11.3. The SMILES string of the molecule is CCCCCCCCCCCCCCCCOc1ccc([S+](c2ccccc2)c2ccccc2)cc1.F[B-](F)(F)F. The first kappa shape index (κ1) is 34.8. The highest BCUT2D eigenvalue weighted by Gasteiger charge is 2.28. The van der Waals surface area contributed by atoms with Crippen LogP contribution in [0.4, 0.5) is 17.3 Å². The Hall–Kier alpha value is -2.41. The van der Waals surface area contributed by atoms with Gasteiger partial charge in [0.25, 0.3) is 0 Å². The molecule has 3 aromatic carbocycles. The molecule has 7 heteroatoms. The van der Waals surface area contributed by atoms with E-state index in [2.05, 4.69) is 91.9 Å². The lowest BCUT2D eigenvalue weighted by molar-refractivity contribution is 0.304. The van der Waals surface area contributed by atoms with Crippen LogP contribution in [0.1, 0.15) is 96.8 Å². The minimum atomic E-state index is -6.00. The Labute approximate surface area is 248 Å². The minimum absolute atomic E-state index is 0.0959. The second kappa shape index (κ2) is 21.3. The maximum absolute atomic E-state index is 9.75. The summed E-state index contributed by atoms with van der Waals surface area (Å²) in [5, 5.41) is 0. The van der Waals surface area contributed by atoms with E-state index in [0.29, 0.717) is 0 Å². The van der Waals surface area contributed by atoms with Crippen LogP contribution in [0.3, 0.4) is 0 Å². The molecular formula is C34H47BF4OS. The number of unbranched alkanes of at least 4 members (excludes halogenated alkanes) is 13. The molecule has 0 spiro atoms. The molecule has 0 saturated heterocycles. The van der Waals surface area contributed by atoms with Crippen molar-refractivity contribution in [3.8, 4) is 5.75 Å². The van der Waals surface area contributed by atoms with E-state index in [-0.39, 0.29) is 10.9 Å². The smallest absolute Gasteiger partial charge is 0.494 e. The van der Waals surface area contributed by atoms with E-state index in [1.807, 2.05) is 0 Å². The summed E-state index contributed by atoms with van der Waals surface area (Å²) in [6, 6.07) is 30.4. The van der Waals surface area contributed by atoms with Gasteiger partial charge in [-0.25, -0.2) is 0 Å². The third-order valence-corrected chi connectivity index (χ3v) is 9.01. The van der Waals surface area contributed by atoms with Gasteiger partial charge in [-0.15, -0.1) is 0 Å². The van der Waals surface area contributed by atoms with Crippen molar-refractivity contribution in [2.45, 2.75) is 112 Å². The first-order chi connectivity index (χ1) is 19.9. The van der Waals surface area contributed by atoms with Crippen molar-refractivity contribution in [3.05, 3.63) is 84.9 Å². The van der Waals surface area contributed by atoms with Gasteiger partial charge in [0.2, 0.25) is 0 Å². The number of rotatable bonds is 19. The number of hydrogen-bond acceptors (Lipinski definition) is 1. The van der Waals surface area contributed by atoms with Crippen LogP contribution in [0.25, 0.3) is 0 Å². The topological polar surface area (TPSA) is 9.23 Å². The van der Waals surface area contributed by atoms with Crippen molar-refractivity contribution in [2.24, 2.45) is 0 Å². The van der Waals surface area contributed by atoms with E-state index < -0.39 is 7.25 Å². The van der Waals surface area contributed by atoms with Gasteiger partial charge in [-0.1, -0.05) is 127 Å². The van der Waals surface area contributed by atoms with Crippen molar-refractivity contribution in [2.75, 3.05) is 6.61 Å². The highest BCUT2D eigenvalue weighted by atomic mass is 32.2. The third-order valence-electron chi connectivity index (χ3n) is 6.78. The summed E-state index contributed by atoms with van der Waals surface area (Å²) in [6.07, 6.45) is 19.4. The average molecular weight is 591 g/mol. The summed E-state index contributed by atoms with van der Waals surface area (Å²) >= 11 is 0. The zero-order valence-electron chi connectivity index (χ0n) is 24.6. The zero-order valence-corrected chi connectivity index (χ0v) is 25.4. The van der Waals surface area contributed by atoms with Gasteiger partial charge in [0.1, 0.15) is 5.75 Å². The van der Waals surface area contributed by atoms with Crippen LogP contribution in [0.15, 0.2) is 99.6 Å². The molecule has 0 unspecified atom stereocenters. The van der Waals surface area contributed by atoms with E-state index in [4.69, 9.17) is 4.74 Å². The number of hydrogen-bond donors (Lipinski definition) is 0. The molecule has 0 aliphatic carbocycles. The largest absolute Gasteiger partial charge is 0.673 e. The highest BCUT2D eigenvalue weighted by molar-refractivity contribution is 7.97. The molecule has 0 heterocycles. The molecule has 3 aromatic rings. The van der Waals surface area contributed by atoms with Crippen LogP contribution in [0, 0.1) is 0 Å². The molecule has 0 amide bonds. The molecule has 0 saturated carbocycles. The molecule has 0 aromatic heterocycles. The third kappa shape index (κ3) is 17.2. The Kier molecular flexibility index (Phi) is 18.1. The summed E-state index contributed by atoms with van der Waals surface area (Å²) in [5.74, 6) is 0.984. The van der Waals surface area contributed by atoms with Crippen LogP contribution in [-0.2, 0) is 10.9 Å². The van der Waals surface area contributed by atoms with Crippen LogP contribution < -0.4 is 4.74 Å². The van der Waals surface area contributed by atoms with Crippen LogP contribution in [-0.4, -0.2) is 13.9 Å². The molecule has 3 rings (SSSR count). The lowest BCUT2D eigenvalue weighted by atomic mass is 10.0. The molecule has 0 N–H and O–H groups in total. The first-order valence-electron chi connectivity index (χ1n) is 15.3. The van der Waals surface area contributed by atoms with Crippen molar-refractivity contribution in [3.63, 3.8) is 0 Å². The van der Waals surface area contributed by atoms with E-state index in [1.54, 1.807) is 0 Å². The first-order valence-corrected chi connectivity index (χ1v) is 16.6. The van der Waals surface area contributed by atoms with Gasteiger partial charge in [-0.2, -0.15) is 0 Å². The Balaban J connectivity index is 0.00000108. The maximum Gasteiger partial charge on any atom is 0.673 e. The monoisotopic (exact) mass is 590 g/mol. The minimum Gasteiger partial charge on any atom is -0.494 e. The standard InChI is InChI=1S/C34H47OS.BF4/c1-2-3-4-5-6-7-8-9-10-11-12-13-14-21-30-35-31-26-28-34(29-27-31)36(32-22-17-15-18-23-32)33-24-19-16-20-25-33;2-1(3,4)5/h15-20,22-29H,2-14,21,30H2,1H3;/q+1;-1. The predicted octanol–water partition coefficient (Wildman–Crippen LogP) is 11.9. The Morgan fingerprint density at radius 3 is 1.22 bits per heavy atom. The summed E-state index contributed by atoms with van der Waals surface area (Å²) in [6.45, 7) is 3.11. The van der Waals surface area contributed by atoms with Crippen molar-refractivity contribution >= 4 is 18.1 Å². The number of benzene rings is 3. The van der Waals surface area contributed by atoms with Gasteiger partial charge in [0.15, 0.2) is 14.7 Å². The summed E-state index contributed by atoms with van der Waals surface area (Å²) in [5.41, 5.74) is 0. The highest BCUT2D eigenvalue weighted by Crippen LogP contribution is 2.32. The lowest BCUT2D eigenvalue weighted by Crippen LogP contribution is -2.04. The summed E-state index contributed by atoms with van der Waals surface area (Å²) in [7, 11) is -6.10. The molecule has 0 radical (unpaired) electrons. The van der Waals surface area contributed by atoms with Gasteiger partial charge in [0, 0.05) is 0 Å². The summed E-state index contributed by atoms with van der Waals surface area (Å²) in [4.78, 5) is 4.02. The van der Waals surface area contributed by atoms with Crippen molar-refractivity contribution in [1.82, 2.24) is 0 Å². The maximum atomic E-state index is 9.75. The van der Waals surface area contributed by atoms with Gasteiger partial charge < -0.3 is 22.0 Å². The fourth-order valence-electron chi connectivity index (χ4n) is 4.68. The Morgan fingerprint density at radius 1 is 0.488 bits per heavy atom. The fourth-order valence-corrected chi connectivity index (χ4v) is 6.76. The molecule has 0 atom stereocenters. The molecule has 0 aliphatic heterocycles. The lowest BCUT2D eigenvalue weighted by Gasteiger charge is -2.10. The van der Waals surface area contributed by atoms with Crippen LogP contribution >= 0.6 is 0 Å². The Bertz CT molecular complexity index is 971. The fraction of sp³-hybridized carbons (Fsp3) is 0.471. The van der Waals surface area contributed by atoms with Crippen molar-refractivity contribution in [1.29, 1.82) is 0 Å². The van der Waals surface area contributed by atoms with Gasteiger partial charge >= 0.3 is 7.25 Å². The molecule has 1 nitrogen and oxygen atoms in total. The molecule has 0 bridgehead atoms. The summed E-state index contributed by atoms with van der Waals surface area (Å²) < 4.78 is 45.1. The molecular weight excluding hydrogens is 543 g/mol. The molecule has 0 fully saturated rings. The average Bonchev–Trinajstić information content (AvgIpc) is 2.96. The van der Waals surface area contributed by atoms with Gasteiger partial charge in [-0.3, -0.25) is 0 Å². The molecule has 41 heavy (non-hydrogen) atoms. The Morgan fingerprint density at radius 2 is 0.829 bits per heavy atom. The van der Waals surface area contributed by atoms with Crippen LogP contribution in [0.2, 0.25) is 0 Å². The van der Waals surface area contributed by atoms with E-state index in [0.717, 1.165) is 18.8 Å². The van der Waals surface area contributed by atoms with Crippen LogP contribution in [0.5, 0.6) is 5.75 Å². The number of halogens is 4. The second-order valence-electron chi connectivity index (χ2n) is 10.3. The van der Waals surface area contributed by atoms with Gasteiger partial charge in [0.05, 0.1) is 17.5 Å². The predicted molar refractivity (Wildman–Crippen MR) is 167 cm³/mol. The molecule has 226 valence electrons. The van der Waals surface area contributed by atoms with E-state index in [9.17, 15) is 17.3 Å². The quantitative estimate of drug-likeness (QED) is 0.0584. The van der Waals surface area contributed by atoms with Gasteiger partial charge in [-0.05, 0) is 55.0 Å². The number of ether oxygens (including phenoxy) is 1. The second-order valence-corrected chi connectivity index (χ2v) is 12.4. The zero-order chi connectivity index (χ0) is 29.6. The van der Waals surface area contributed by atoms with E-state index in [1.165, 1.54) is 98.2 Å². The van der Waals surface area contributed by atoms with E-state index >= 15 is 0 Å².